The normalized spacial score (nSPS) is 11.5. The number of benzene rings is 2. The van der Waals surface area contributed by atoms with Gasteiger partial charge < -0.3 is 4.74 Å². The number of nitrogens with zero attached hydrogens (tertiary/aromatic N) is 3. The summed E-state index contributed by atoms with van der Waals surface area (Å²) in [4.78, 5) is 31.3. The molecule has 0 unspecified atom stereocenters. The van der Waals surface area contributed by atoms with E-state index in [1.54, 1.807) is 25.1 Å². The van der Waals surface area contributed by atoms with E-state index in [-0.39, 0.29) is 38.8 Å². The number of esters is 1. The smallest absolute Gasteiger partial charge is 0.341 e. The zero-order chi connectivity index (χ0) is 21.3. The first-order valence-corrected chi connectivity index (χ1v) is 10.4. The van der Waals surface area contributed by atoms with Gasteiger partial charge >= 0.3 is 5.97 Å². The number of fused-ring (bicyclic) bond motifs is 1. The molecule has 0 atom stereocenters. The monoisotopic (exact) mass is 424 g/mol. The molecule has 0 spiro atoms. The van der Waals surface area contributed by atoms with Gasteiger partial charge in [-0.25, -0.2) is 22.9 Å². The Morgan fingerprint density at radius 2 is 1.90 bits per heavy atom. The molecule has 4 aromatic rings. The number of aromatic amines is 1. The van der Waals surface area contributed by atoms with Crippen LogP contribution in [0.3, 0.4) is 0 Å². The van der Waals surface area contributed by atoms with Gasteiger partial charge in [0, 0.05) is 6.20 Å². The van der Waals surface area contributed by atoms with Gasteiger partial charge in [0.25, 0.3) is 5.56 Å². The maximum Gasteiger partial charge on any atom is 0.341 e. The summed E-state index contributed by atoms with van der Waals surface area (Å²) in [5.74, 6) is -0.513. The number of hydrogen-bond donors (Lipinski definition) is 1. The van der Waals surface area contributed by atoms with Gasteiger partial charge in [-0.1, -0.05) is 18.2 Å². The first kappa shape index (κ1) is 19.5. The average Bonchev–Trinajstić information content (AvgIpc) is 3.24. The zero-order valence-electron chi connectivity index (χ0n) is 15.8. The first-order chi connectivity index (χ1) is 14.4. The van der Waals surface area contributed by atoms with Crippen LogP contribution in [0.4, 0.5) is 0 Å². The van der Waals surface area contributed by atoms with Crippen molar-refractivity contribution in [3.8, 4) is 5.95 Å². The molecular formula is C20H16N4O5S. The van der Waals surface area contributed by atoms with Crippen LogP contribution in [0, 0.1) is 0 Å². The number of aromatic nitrogens is 4. The average molecular weight is 424 g/mol. The second-order valence-corrected chi connectivity index (χ2v) is 8.23. The Morgan fingerprint density at radius 1 is 1.13 bits per heavy atom. The van der Waals surface area contributed by atoms with E-state index in [1.165, 1.54) is 47.4 Å². The van der Waals surface area contributed by atoms with E-state index in [9.17, 15) is 18.0 Å². The molecule has 0 bridgehead atoms. The maximum atomic E-state index is 12.9. The SMILES string of the molecule is CCOC(=O)c1cnn(-c2nc3cc(S(=O)(=O)c4ccccc4)ccc3c(=O)[nH]2)c1. The van der Waals surface area contributed by atoms with Crippen molar-refractivity contribution in [1.29, 1.82) is 0 Å². The number of carbonyl (C=O) groups excluding carboxylic acids is 1. The fraction of sp³-hybridized carbons (Fsp3) is 0.100. The molecule has 0 saturated heterocycles. The van der Waals surface area contributed by atoms with Crippen molar-refractivity contribution in [3.63, 3.8) is 0 Å². The summed E-state index contributed by atoms with van der Waals surface area (Å²) in [6.07, 6.45) is 2.66. The fourth-order valence-corrected chi connectivity index (χ4v) is 4.18. The lowest BCUT2D eigenvalue weighted by Crippen LogP contribution is -2.14. The topological polar surface area (TPSA) is 124 Å². The molecule has 0 fully saturated rings. The Balaban J connectivity index is 1.80. The van der Waals surface area contributed by atoms with E-state index >= 15 is 0 Å². The number of sulfone groups is 1. The highest BCUT2D eigenvalue weighted by atomic mass is 32.2. The minimum absolute atomic E-state index is 0.0120. The summed E-state index contributed by atoms with van der Waals surface area (Å²) in [7, 11) is -3.77. The van der Waals surface area contributed by atoms with Crippen LogP contribution in [0.5, 0.6) is 0 Å². The van der Waals surface area contributed by atoms with Crippen LogP contribution in [0.15, 0.2) is 75.5 Å². The van der Waals surface area contributed by atoms with E-state index in [2.05, 4.69) is 15.1 Å². The molecule has 0 amide bonds. The van der Waals surface area contributed by atoms with Gasteiger partial charge in [0.1, 0.15) is 0 Å². The van der Waals surface area contributed by atoms with Crippen LogP contribution in [-0.2, 0) is 14.6 Å². The number of hydrogen-bond acceptors (Lipinski definition) is 7. The molecule has 0 radical (unpaired) electrons. The molecule has 2 aromatic heterocycles. The van der Waals surface area contributed by atoms with Gasteiger partial charge in [-0.3, -0.25) is 9.78 Å². The van der Waals surface area contributed by atoms with Crippen LogP contribution < -0.4 is 5.56 Å². The third kappa shape index (κ3) is 3.48. The Labute approximate surface area is 170 Å². The Bertz CT molecular complexity index is 1410. The summed E-state index contributed by atoms with van der Waals surface area (Å²) in [6, 6.07) is 12.1. The van der Waals surface area contributed by atoms with E-state index in [4.69, 9.17) is 4.74 Å². The van der Waals surface area contributed by atoms with Crippen LogP contribution in [0.25, 0.3) is 16.9 Å². The predicted molar refractivity (Wildman–Crippen MR) is 107 cm³/mol. The molecule has 2 heterocycles. The van der Waals surface area contributed by atoms with Crippen molar-refractivity contribution >= 4 is 26.7 Å². The van der Waals surface area contributed by atoms with Crippen LogP contribution in [0.2, 0.25) is 0 Å². The lowest BCUT2D eigenvalue weighted by molar-refractivity contribution is 0.0526. The molecular weight excluding hydrogens is 408 g/mol. The standard InChI is InChI=1S/C20H16N4O5S/c1-2-29-19(26)13-11-21-24(12-13)20-22-17-10-15(8-9-16(17)18(25)23-20)30(27,28)14-6-4-3-5-7-14/h3-12H,2H2,1H3,(H,22,23,25). The number of H-pyrrole nitrogens is 1. The van der Waals surface area contributed by atoms with Crippen molar-refractivity contribution in [1.82, 2.24) is 19.7 Å². The van der Waals surface area contributed by atoms with E-state index in [0.29, 0.717) is 0 Å². The van der Waals surface area contributed by atoms with Crippen molar-refractivity contribution < 1.29 is 17.9 Å². The second kappa shape index (κ2) is 7.56. The summed E-state index contributed by atoms with van der Waals surface area (Å²) < 4.78 is 31.9. The second-order valence-electron chi connectivity index (χ2n) is 6.28. The molecule has 1 N–H and O–H groups in total. The summed E-state index contributed by atoms with van der Waals surface area (Å²) >= 11 is 0. The summed E-state index contributed by atoms with van der Waals surface area (Å²) in [5.41, 5.74) is -0.0919. The lowest BCUT2D eigenvalue weighted by Gasteiger charge is -2.07. The number of nitrogens with one attached hydrogen (secondary N) is 1. The lowest BCUT2D eigenvalue weighted by atomic mass is 10.2. The Kier molecular flexibility index (Phi) is 4.92. The number of rotatable bonds is 5. The molecule has 152 valence electrons. The molecule has 9 nitrogen and oxygen atoms in total. The van der Waals surface area contributed by atoms with E-state index in [0.717, 1.165) is 0 Å². The highest BCUT2D eigenvalue weighted by Crippen LogP contribution is 2.23. The van der Waals surface area contributed by atoms with Crippen LogP contribution in [-0.4, -0.2) is 40.7 Å². The summed E-state index contributed by atoms with van der Waals surface area (Å²) in [6.45, 7) is 1.90. The zero-order valence-corrected chi connectivity index (χ0v) is 16.6. The maximum absolute atomic E-state index is 12.9. The molecule has 10 heteroatoms. The van der Waals surface area contributed by atoms with Gasteiger partial charge in [-0.2, -0.15) is 5.10 Å². The van der Waals surface area contributed by atoms with Gasteiger partial charge in [0.05, 0.1) is 39.1 Å². The third-order valence-corrected chi connectivity index (χ3v) is 6.11. The molecule has 0 saturated carbocycles. The van der Waals surface area contributed by atoms with Gasteiger partial charge in [-0.05, 0) is 37.3 Å². The molecule has 0 aliphatic heterocycles. The van der Waals surface area contributed by atoms with Crippen molar-refractivity contribution in [2.45, 2.75) is 16.7 Å². The van der Waals surface area contributed by atoms with Crippen molar-refractivity contribution in [2.75, 3.05) is 6.61 Å². The van der Waals surface area contributed by atoms with E-state index in [1.807, 2.05) is 0 Å². The largest absolute Gasteiger partial charge is 0.462 e. The highest BCUT2D eigenvalue weighted by Gasteiger charge is 2.19. The Hall–Kier alpha value is -3.79. The summed E-state index contributed by atoms with van der Waals surface area (Å²) in [5, 5.41) is 4.25. The van der Waals surface area contributed by atoms with E-state index < -0.39 is 21.4 Å². The molecule has 4 rings (SSSR count). The van der Waals surface area contributed by atoms with Crippen molar-refractivity contribution in [3.05, 3.63) is 76.8 Å². The number of ether oxygens (including phenoxy) is 1. The molecule has 0 aliphatic carbocycles. The third-order valence-electron chi connectivity index (χ3n) is 4.34. The van der Waals surface area contributed by atoms with Crippen LogP contribution in [0.1, 0.15) is 17.3 Å². The highest BCUT2D eigenvalue weighted by molar-refractivity contribution is 7.91. The predicted octanol–water partition coefficient (Wildman–Crippen LogP) is 2.12. The minimum Gasteiger partial charge on any atom is -0.462 e. The Morgan fingerprint density at radius 3 is 2.63 bits per heavy atom. The van der Waals surface area contributed by atoms with Crippen LogP contribution >= 0.6 is 0 Å². The van der Waals surface area contributed by atoms with Gasteiger partial charge in [0.15, 0.2) is 0 Å². The van der Waals surface area contributed by atoms with Crippen molar-refractivity contribution in [2.24, 2.45) is 0 Å². The van der Waals surface area contributed by atoms with Gasteiger partial charge in [-0.15, -0.1) is 0 Å². The first-order valence-electron chi connectivity index (χ1n) is 8.96. The van der Waals surface area contributed by atoms with Gasteiger partial charge in [0.2, 0.25) is 15.8 Å². The molecule has 2 aromatic carbocycles. The molecule has 30 heavy (non-hydrogen) atoms. The fourth-order valence-electron chi connectivity index (χ4n) is 2.88. The number of carbonyl (C=O) groups is 1. The quantitative estimate of drug-likeness (QED) is 0.487. The molecule has 0 aliphatic rings. The minimum atomic E-state index is -3.77.